The Labute approximate surface area is 154 Å². The summed E-state index contributed by atoms with van der Waals surface area (Å²) in [4.78, 5) is 13.4. The minimum atomic E-state index is -0.123. The summed E-state index contributed by atoms with van der Waals surface area (Å²) in [6.45, 7) is 2.63. The van der Waals surface area contributed by atoms with E-state index in [4.69, 9.17) is 9.47 Å². The molecular formula is C21H25N2O3+. The van der Waals surface area contributed by atoms with Gasteiger partial charge < -0.3 is 19.7 Å². The van der Waals surface area contributed by atoms with Crippen LogP contribution >= 0.6 is 0 Å². The molecule has 0 atom stereocenters. The minimum Gasteiger partial charge on any atom is -0.486 e. The van der Waals surface area contributed by atoms with E-state index in [-0.39, 0.29) is 5.91 Å². The predicted molar refractivity (Wildman–Crippen MR) is 101 cm³/mol. The lowest BCUT2D eigenvalue weighted by Crippen LogP contribution is -3.04. The van der Waals surface area contributed by atoms with Gasteiger partial charge in [0.2, 0.25) is 5.91 Å². The number of quaternary nitrogens is 1. The molecule has 3 rings (SSSR count). The number of hydrogen-bond acceptors (Lipinski definition) is 3. The average molecular weight is 353 g/mol. The fourth-order valence-corrected chi connectivity index (χ4v) is 2.77. The molecule has 0 saturated carbocycles. The summed E-state index contributed by atoms with van der Waals surface area (Å²) in [5, 5.41) is 2.90. The van der Waals surface area contributed by atoms with Crippen LogP contribution in [0.4, 0.5) is 0 Å². The summed E-state index contributed by atoms with van der Waals surface area (Å²) < 4.78 is 11.0. The third kappa shape index (κ3) is 5.10. The lowest BCUT2D eigenvalue weighted by atomic mass is 10.1. The van der Waals surface area contributed by atoms with Gasteiger partial charge in [-0.3, -0.25) is 4.79 Å². The first-order valence-electron chi connectivity index (χ1n) is 8.82. The second-order valence-corrected chi connectivity index (χ2v) is 6.65. The molecule has 2 N–H and O–H groups in total. The Kier molecular flexibility index (Phi) is 5.92. The van der Waals surface area contributed by atoms with E-state index in [1.54, 1.807) is 6.08 Å². The number of benzene rings is 2. The van der Waals surface area contributed by atoms with Crippen LogP contribution in [0.1, 0.15) is 16.7 Å². The third-order valence-corrected chi connectivity index (χ3v) is 4.04. The van der Waals surface area contributed by atoms with Crippen LogP contribution in [-0.4, -0.2) is 33.2 Å². The first-order chi connectivity index (χ1) is 12.6. The number of rotatable bonds is 6. The Morgan fingerprint density at radius 1 is 1.04 bits per heavy atom. The maximum atomic E-state index is 12.0. The van der Waals surface area contributed by atoms with E-state index in [2.05, 4.69) is 43.7 Å². The van der Waals surface area contributed by atoms with Gasteiger partial charge in [-0.05, 0) is 29.3 Å². The molecule has 0 fully saturated rings. The molecule has 1 amide bonds. The Morgan fingerprint density at radius 2 is 1.73 bits per heavy atom. The van der Waals surface area contributed by atoms with Crippen molar-refractivity contribution in [3.05, 3.63) is 65.2 Å². The number of amides is 1. The number of ether oxygens (including phenoxy) is 2. The van der Waals surface area contributed by atoms with E-state index in [0.717, 1.165) is 29.2 Å². The van der Waals surface area contributed by atoms with Crippen molar-refractivity contribution in [3.63, 3.8) is 0 Å². The summed E-state index contributed by atoms with van der Waals surface area (Å²) in [5.41, 5.74) is 3.28. The molecule has 2 aromatic rings. The highest BCUT2D eigenvalue weighted by Crippen LogP contribution is 2.31. The highest BCUT2D eigenvalue weighted by atomic mass is 16.6. The molecule has 0 spiro atoms. The molecular weight excluding hydrogens is 328 g/mol. The van der Waals surface area contributed by atoms with Gasteiger partial charge in [-0.15, -0.1) is 0 Å². The van der Waals surface area contributed by atoms with Gasteiger partial charge in [0.05, 0.1) is 14.1 Å². The monoisotopic (exact) mass is 353 g/mol. The Hall–Kier alpha value is -2.79. The largest absolute Gasteiger partial charge is 0.486 e. The zero-order chi connectivity index (χ0) is 18.4. The molecule has 0 radical (unpaired) electrons. The van der Waals surface area contributed by atoms with Gasteiger partial charge in [0.15, 0.2) is 11.5 Å². The first-order valence-corrected chi connectivity index (χ1v) is 8.82. The van der Waals surface area contributed by atoms with Crippen molar-refractivity contribution in [2.75, 3.05) is 27.3 Å². The van der Waals surface area contributed by atoms with Gasteiger partial charge in [0, 0.05) is 18.2 Å². The lowest BCUT2D eigenvalue weighted by molar-refractivity contribution is -0.872. The van der Waals surface area contributed by atoms with Gasteiger partial charge in [0.25, 0.3) is 0 Å². The van der Waals surface area contributed by atoms with Crippen molar-refractivity contribution in [2.45, 2.75) is 13.1 Å². The Balaban J connectivity index is 1.51. The van der Waals surface area contributed by atoms with Crippen molar-refractivity contribution in [2.24, 2.45) is 0 Å². The van der Waals surface area contributed by atoms with Gasteiger partial charge in [-0.2, -0.15) is 0 Å². The van der Waals surface area contributed by atoms with Crippen LogP contribution in [0.3, 0.4) is 0 Å². The highest BCUT2D eigenvalue weighted by Gasteiger charge is 2.10. The second kappa shape index (κ2) is 8.54. The van der Waals surface area contributed by atoms with E-state index in [0.29, 0.717) is 19.8 Å². The fourth-order valence-electron chi connectivity index (χ4n) is 2.77. The van der Waals surface area contributed by atoms with Gasteiger partial charge in [-0.1, -0.05) is 30.3 Å². The fraction of sp³-hybridized carbons (Fsp3) is 0.286. The summed E-state index contributed by atoms with van der Waals surface area (Å²) in [5.74, 6) is 1.34. The quantitative estimate of drug-likeness (QED) is 0.773. The van der Waals surface area contributed by atoms with Crippen LogP contribution in [0.25, 0.3) is 6.08 Å². The molecule has 1 aliphatic heterocycles. The van der Waals surface area contributed by atoms with Crippen molar-refractivity contribution in [3.8, 4) is 11.5 Å². The van der Waals surface area contributed by atoms with Crippen LogP contribution in [0, 0.1) is 0 Å². The molecule has 0 bridgehead atoms. The number of fused-ring (bicyclic) bond motifs is 1. The molecule has 2 aromatic carbocycles. The van der Waals surface area contributed by atoms with Crippen molar-refractivity contribution in [1.29, 1.82) is 0 Å². The highest BCUT2D eigenvalue weighted by molar-refractivity contribution is 5.91. The topological polar surface area (TPSA) is 52.0 Å². The smallest absolute Gasteiger partial charge is 0.244 e. The molecule has 5 nitrogen and oxygen atoms in total. The van der Waals surface area contributed by atoms with Crippen molar-refractivity contribution in [1.82, 2.24) is 5.32 Å². The van der Waals surface area contributed by atoms with Gasteiger partial charge >= 0.3 is 0 Å². The summed E-state index contributed by atoms with van der Waals surface area (Å²) in [6, 6.07) is 14.0. The van der Waals surface area contributed by atoms with Crippen LogP contribution in [0.5, 0.6) is 11.5 Å². The predicted octanol–water partition coefficient (Wildman–Crippen LogP) is 1.43. The molecule has 136 valence electrons. The SMILES string of the molecule is C[NH+](C)Cc1ccc(CNC(=O)/C=C/c2ccc3c(c2)OCCO3)cc1. The Bertz CT molecular complexity index is 782. The number of nitrogens with one attached hydrogen (secondary N) is 2. The number of hydrogen-bond donors (Lipinski definition) is 2. The maximum absolute atomic E-state index is 12.0. The van der Waals surface area contributed by atoms with E-state index in [1.807, 2.05) is 18.2 Å². The van der Waals surface area contributed by atoms with E-state index < -0.39 is 0 Å². The molecule has 1 aliphatic rings. The molecule has 0 aliphatic carbocycles. The Morgan fingerprint density at radius 3 is 2.46 bits per heavy atom. The van der Waals surface area contributed by atoms with Crippen LogP contribution in [0.2, 0.25) is 0 Å². The standard InChI is InChI=1S/C21H24N2O3/c1-23(2)15-18-5-3-17(4-6-18)14-22-21(24)10-8-16-7-9-19-20(13-16)26-12-11-25-19/h3-10,13H,11-12,14-15H2,1-2H3,(H,22,24)/p+1/b10-8+. The summed E-state index contributed by atoms with van der Waals surface area (Å²) in [6.07, 6.45) is 3.31. The zero-order valence-corrected chi connectivity index (χ0v) is 15.2. The molecule has 0 unspecified atom stereocenters. The lowest BCUT2D eigenvalue weighted by Gasteiger charge is -2.18. The van der Waals surface area contributed by atoms with Crippen LogP contribution < -0.4 is 19.7 Å². The minimum absolute atomic E-state index is 0.123. The number of carbonyl (C=O) groups excluding carboxylic acids is 1. The van der Waals surface area contributed by atoms with Crippen LogP contribution in [-0.2, 0) is 17.9 Å². The van der Waals surface area contributed by atoms with E-state index in [9.17, 15) is 4.79 Å². The maximum Gasteiger partial charge on any atom is 0.244 e. The van der Waals surface area contributed by atoms with Crippen molar-refractivity contribution < 1.29 is 19.2 Å². The molecule has 26 heavy (non-hydrogen) atoms. The second-order valence-electron chi connectivity index (χ2n) is 6.65. The summed E-state index contributed by atoms with van der Waals surface area (Å²) >= 11 is 0. The van der Waals surface area contributed by atoms with Crippen LogP contribution in [0.15, 0.2) is 48.5 Å². The zero-order valence-electron chi connectivity index (χ0n) is 15.2. The van der Waals surface area contributed by atoms with Gasteiger partial charge in [0.1, 0.15) is 19.8 Å². The molecule has 0 aromatic heterocycles. The molecule has 0 saturated heterocycles. The summed E-state index contributed by atoms with van der Waals surface area (Å²) in [7, 11) is 4.25. The van der Waals surface area contributed by atoms with E-state index in [1.165, 1.54) is 16.5 Å². The van der Waals surface area contributed by atoms with Crippen molar-refractivity contribution >= 4 is 12.0 Å². The third-order valence-electron chi connectivity index (χ3n) is 4.04. The van der Waals surface area contributed by atoms with Gasteiger partial charge in [-0.25, -0.2) is 0 Å². The van der Waals surface area contributed by atoms with E-state index >= 15 is 0 Å². The number of carbonyl (C=O) groups is 1. The first kappa shape index (κ1) is 18.0. The normalized spacial score (nSPS) is 13.2. The average Bonchev–Trinajstić information content (AvgIpc) is 2.65. The molecule has 5 heteroatoms. The molecule has 1 heterocycles.